The molecule has 1 amide bonds. The zero-order valence-corrected chi connectivity index (χ0v) is 11.5. The van der Waals surface area contributed by atoms with Gasteiger partial charge in [-0.05, 0) is 18.2 Å². The molecule has 1 unspecified atom stereocenters. The molecular weight excluding hydrogens is 309 g/mol. The summed E-state index contributed by atoms with van der Waals surface area (Å²) in [5.41, 5.74) is 0. The number of halogens is 2. The number of aliphatic carboxylic acids is 1. The number of carbonyl (C=O) groups excluding carboxylic acids is 1. The molecule has 0 saturated carbocycles. The zero-order valence-electron chi connectivity index (χ0n) is 9.89. The van der Waals surface area contributed by atoms with Gasteiger partial charge < -0.3 is 15.5 Å². The summed E-state index contributed by atoms with van der Waals surface area (Å²) in [7, 11) is 0. The van der Waals surface area contributed by atoms with Gasteiger partial charge in [-0.3, -0.25) is 4.79 Å². The van der Waals surface area contributed by atoms with Crippen LogP contribution in [0.15, 0.2) is 18.2 Å². The quantitative estimate of drug-likeness (QED) is 0.803. The molecular formula is C12H9ClFNO4S. The summed E-state index contributed by atoms with van der Waals surface area (Å²) >= 11 is 7.02. The number of carbonyl (C=O) groups is 2. The molecule has 1 aromatic carbocycles. The predicted octanol–water partition coefficient (Wildman–Crippen LogP) is 1.87. The Morgan fingerprint density at radius 3 is 2.80 bits per heavy atom. The third-order valence-electron chi connectivity index (χ3n) is 2.54. The van der Waals surface area contributed by atoms with Gasteiger partial charge in [-0.15, -0.1) is 11.3 Å². The lowest BCUT2D eigenvalue weighted by atomic mass is 10.2. The maximum absolute atomic E-state index is 13.1. The maximum atomic E-state index is 13.1. The highest BCUT2D eigenvalue weighted by atomic mass is 35.5. The molecule has 2 rings (SSSR count). The topological polar surface area (TPSA) is 86.6 Å². The van der Waals surface area contributed by atoms with Crippen molar-refractivity contribution in [1.82, 2.24) is 5.32 Å². The molecule has 1 atom stereocenters. The number of aliphatic hydroxyl groups is 1. The van der Waals surface area contributed by atoms with E-state index in [1.54, 1.807) is 0 Å². The average molecular weight is 318 g/mol. The van der Waals surface area contributed by atoms with Gasteiger partial charge in [-0.25, -0.2) is 9.18 Å². The number of hydrogen-bond donors (Lipinski definition) is 3. The number of hydrogen-bond acceptors (Lipinski definition) is 4. The SMILES string of the molecule is O=C(NCC(O)C(=O)O)c1sc2cc(F)ccc2c1Cl. The van der Waals surface area contributed by atoms with Gasteiger partial charge in [0.05, 0.1) is 11.6 Å². The van der Waals surface area contributed by atoms with Gasteiger partial charge in [0.15, 0.2) is 6.10 Å². The van der Waals surface area contributed by atoms with Crippen LogP contribution in [0, 0.1) is 5.82 Å². The number of rotatable bonds is 4. The van der Waals surface area contributed by atoms with E-state index in [1.807, 2.05) is 0 Å². The molecule has 1 aromatic heterocycles. The van der Waals surface area contributed by atoms with E-state index in [9.17, 15) is 14.0 Å². The first kappa shape index (κ1) is 14.7. The molecule has 0 fully saturated rings. The van der Waals surface area contributed by atoms with Crippen molar-refractivity contribution in [2.45, 2.75) is 6.10 Å². The van der Waals surface area contributed by atoms with Crippen LogP contribution in [-0.4, -0.2) is 34.7 Å². The van der Waals surface area contributed by atoms with Crippen LogP contribution in [0.5, 0.6) is 0 Å². The van der Waals surface area contributed by atoms with Gasteiger partial charge in [-0.2, -0.15) is 0 Å². The predicted molar refractivity (Wildman–Crippen MR) is 72.8 cm³/mol. The molecule has 0 radical (unpaired) electrons. The van der Waals surface area contributed by atoms with Crippen molar-refractivity contribution in [1.29, 1.82) is 0 Å². The number of thiophene rings is 1. The van der Waals surface area contributed by atoms with Crippen molar-refractivity contribution in [3.63, 3.8) is 0 Å². The number of nitrogens with one attached hydrogen (secondary N) is 1. The first-order valence-electron chi connectivity index (χ1n) is 5.46. The Hall–Kier alpha value is -1.70. The molecule has 3 N–H and O–H groups in total. The molecule has 0 aliphatic carbocycles. The highest BCUT2D eigenvalue weighted by Crippen LogP contribution is 2.35. The van der Waals surface area contributed by atoms with Crippen molar-refractivity contribution < 1.29 is 24.2 Å². The lowest BCUT2D eigenvalue weighted by molar-refractivity contribution is -0.146. The molecule has 2 aromatic rings. The van der Waals surface area contributed by atoms with Gasteiger partial charge in [0.25, 0.3) is 5.91 Å². The minimum Gasteiger partial charge on any atom is -0.479 e. The summed E-state index contributed by atoms with van der Waals surface area (Å²) < 4.78 is 13.6. The molecule has 106 valence electrons. The van der Waals surface area contributed by atoms with E-state index in [4.69, 9.17) is 21.8 Å². The lowest BCUT2D eigenvalue weighted by Gasteiger charge is -2.06. The summed E-state index contributed by atoms with van der Waals surface area (Å²) in [6.45, 7) is -0.437. The zero-order chi connectivity index (χ0) is 14.9. The standard InChI is InChI=1S/C12H9ClFNO4S/c13-9-6-2-1-5(14)3-8(6)20-10(9)11(17)15-4-7(16)12(18)19/h1-3,7,16H,4H2,(H,15,17)(H,18,19). The molecule has 0 saturated heterocycles. The second kappa shape index (κ2) is 5.74. The average Bonchev–Trinajstić information content (AvgIpc) is 2.72. The van der Waals surface area contributed by atoms with Gasteiger partial charge in [0.2, 0.25) is 0 Å². The van der Waals surface area contributed by atoms with Crippen molar-refractivity contribution in [3.8, 4) is 0 Å². The molecule has 20 heavy (non-hydrogen) atoms. The van der Waals surface area contributed by atoms with Crippen molar-refractivity contribution in [2.24, 2.45) is 0 Å². The first-order valence-corrected chi connectivity index (χ1v) is 6.66. The van der Waals surface area contributed by atoms with Crippen LogP contribution < -0.4 is 5.32 Å². The van der Waals surface area contributed by atoms with Gasteiger partial charge in [0.1, 0.15) is 10.7 Å². The second-order valence-electron chi connectivity index (χ2n) is 3.95. The van der Waals surface area contributed by atoms with E-state index in [1.165, 1.54) is 18.2 Å². The maximum Gasteiger partial charge on any atom is 0.334 e. The number of carboxylic acid groups (broad SMARTS) is 1. The highest BCUT2D eigenvalue weighted by molar-refractivity contribution is 7.21. The Bertz CT molecular complexity index is 687. The lowest BCUT2D eigenvalue weighted by Crippen LogP contribution is -2.36. The van der Waals surface area contributed by atoms with Crippen LogP contribution in [0.25, 0.3) is 10.1 Å². The van der Waals surface area contributed by atoms with Crippen LogP contribution >= 0.6 is 22.9 Å². The van der Waals surface area contributed by atoms with Crippen LogP contribution in [-0.2, 0) is 4.79 Å². The number of amides is 1. The minimum atomic E-state index is -1.69. The fourth-order valence-electron chi connectivity index (χ4n) is 1.54. The van der Waals surface area contributed by atoms with Crippen molar-refractivity contribution in [3.05, 3.63) is 33.9 Å². The number of carboxylic acids is 1. The highest BCUT2D eigenvalue weighted by Gasteiger charge is 2.20. The van der Waals surface area contributed by atoms with Crippen LogP contribution in [0.2, 0.25) is 5.02 Å². The second-order valence-corrected chi connectivity index (χ2v) is 5.38. The van der Waals surface area contributed by atoms with E-state index >= 15 is 0 Å². The summed E-state index contributed by atoms with van der Waals surface area (Å²) in [5.74, 6) is -2.49. The molecule has 5 nitrogen and oxygen atoms in total. The van der Waals surface area contributed by atoms with E-state index in [0.717, 1.165) is 11.3 Å². The Morgan fingerprint density at radius 1 is 1.45 bits per heavy atom. The molecule has 8 heteroatoms. The Kier molecular flexibility index (Phi) is 4.22. The van der Waals surface area contributed by atoms with Crippen molar-refractivity contribution in [2.75, 3.05) is 6.54 Å². The summed E-state index contributed by atoms with van der Waals surface area (Å²) in [4.78, 5) is 22.4. The first-order chi connectivity index (χ1) is 9.40. The fourth-order valence-corrected chi connectivity index (χ4v) is 3.00. The molecule has 1 heterocycles. The summed E-state index contributed by atoms with van der Waals surface area (Å²) in [6.07, 6.45) is -1.69. The number of benzene rings is 1. The van der Waals surface area contributed by atoms with Gasteiger partial charge in [-0.1, -0.05) is 11.6 Å². The van der Waals surface area contributed by atoms with Crippen LogP contribution in [0.3, 0.4) is 0 Å². The third kappa shape index (κ3) is 2.90. The Morgan fingerprint density at radius 2 is 2.15 bits per heavy atom. The smallest absolute Gasteiger partial charge is 0.334 e. The molecule has 0 aliphatic heterocycles. The number of fused-ring (bicyclic) bond motifs is 1. The molecule has 0 spiro atoms. The van der Waals surface area contributed by atoms with E-state index in [2.05, 4.69) is 5.32 Å². The van der Waals surface area contributed by atoms with Crippen molar-refractivity contribution >= 4 is 44.9 Å². The van der Waals surface area contributed by atoms with Crippen LogP contribution in [0.1, 0.15) is 9.67 Å². The van der Waals surface area contributed by atoms with Crippen LogP contribution in [0.4, 0.5) is 4.39 Å². The van der Waals surface area contributed by atoms with E-state index in [-0.39, 0.29) is 9.90 Å². The number of aliphatic hydroxyl groups excluding tert-OH is 1. The van der Waals surface area contributed by atoms with E-state index in [0.29, 0.717) is 10.1 Å². The minimum absolute atomic E-state index is 0.143. The Labute approximate surface area is 121 Å². The van der Waals surface area contributed by atoms with Gasteiger partial charge >= 0.3 is 5.97 Å². The normalized spacial score (nSPS) is 12.3. The molecule has 0 bridgehead atoms. The molecule has 0 aliphatic rings. The summed E-state index contributed by atoms with van der Waals surface area (Å²) in [6, 6.07) is 3.96. The largest absolute Gasteiger partial charge is 0.479 e. The van der Waals surface area contributed by atoms with Gasteiger partial charge in [0, 0.05) is 10.1 Å². The Balaban J connectivity index is 2.22. The van der Waals surface area contributed by atoms with E-state index < -0.39 is 30.3 Å². The summed E-state index contributed by atoms with van der Waals surface area (Å²) in [5, 5.41) is 20.5. The fraction of sp³-hybridized carbons (Fsp3) is 0.167. The monoisotopic (exact) mass is 317 g/mol. The third-order valence-corrected chi connectivity index (χ3v) is 4.19.